The number of anilines is 1. The van der Waals surface area contributed by atoms with Crippen molar-refractivity contribution in [3.63, 3.8) is 0 Å². The fraction of sp³-hybridized carbons (Fsp3) is 0.188. The van der Waals surface area contributed by atoms with Gasteiger partial charge in [-0.1, -0.05) is 36.4 Å². The number of hydrogen-bond donors (Lipinski definition) is 2. The minimum atomic E-state index is -0.387. The van der Waals surface area contributed by atoms with Crippen LogP contribution in [0, 0.1) is 5.82 Å². The molecule has 2 amide bonds. The standard InChI is InChI=1S/C16H17FN2O2/c1-21-11-13-7-3-5-9-15(13)19-16(20)18-10-12-6-2-4-8-14(12)17/h2-9H,10-11H2,1H3,(H2,18,19,20). The number of para-hydroxylation sites is 1. The highest BCUT2D eigenvalue weighted by atomic mass is 19.1. The summed E-state index contributed by atoms with van der Waals surface area (Å²) in [4.78, 5) is 11.9. The first-order valence-electron chi connectivity index (χ1n) is 6.56. The van der Waals surface area contributed by atoms with Gasteiger partial charge in [-0.25, -0.2) is 9.18 Å². The number of rotatable bonds is 5. The van der Waals surface area contributed by atoms with Gasteiger partial charge in [0, 0.05) is 30.5 Å². The van der Waals surface area contributed by atoms with Crippen molar-refractivity contribution in [3.8, 4) is 0 Å². The molecule has 0 aliphatic carbocycles. The first kappa shape index (κ1) is 15.0. The lowest BCUT2D eigenvalue weighted by Gasteiger charge is -2.11. The Labute approximate surface area is 122 Å². The van der Waals surface area contributed by atoms with Crippen LogP contribution < -0.4 is 10.6 Å². The Kier molecular flexibility index (Phi) is 5.29. The molecule has 2 rings (SSSR count). The van der Waals surface area contributed by atoms with Gasteiger partial charge in [0.25, 0.3) is 0 Å². The van der Waals surface area contributed by atoms with Gasteiger partial charge in [0.05, 0.1) is 6.61 Å². The summed E-state index contributed by atoms with van der Waals surface area (Å²) >= 11 is 0. The van der Waals surface area contributed by atoms with E-state index >= 15 is 0 Å². The van der Waals surface area contributed by atoms with Crippen molar-refractivity contribution < 1.29 is 13.9 Å². The summed E-state index contributed by atoms with van der Waals surface area (Å²) < 4.78 is 18.5. The molecule has 2 N–H and O–H groups in total. The first-order chi connectivity index (χ1) is 10.2. The molecule has 0 aliphatic rings. The second-order valence-corrected chi connectivity index (χ2v) is 4.49. The Morgan fingerprint density at radius 1 is 1.10 bits per heavy atom. The van der Waals surface area contributed by atoms with E-state index in [0.717, 1.165) is 5.56 Å². The summed E-state index contributed by atoms with van der Waals surface area (Å²) in [5, 5.41) is 5.36. The summed E-state index contributed by atoms with van der Waals surface area (Å²) in [6.45, 7) is 0.536. The molecule has 0 aliphatic heterocycles. The Morgan fingerprint density at radius 3 is 2.48 bits per heavy atom. The van der Waals surface area contributed by atoms with Gasteiger partial charge in [0.1, 0.15) is 5.82 Å². The molecule has 21 heavy (non-hydrogen) atoms. The number of ether oxygens (including phenoxy) is 1. The molecule has 0 saturated heterocycles. The maximum atomic E-state index is 13.4. The van der Waals surface area contributed by atoms with Gasteiger partial charge >= 0.3 is 6.03 Å². The summed E-state index contributed by atoms with van der Waals surface area (Å²) in [5.74, 6) is -0.336. The second kappa shape index (κ2) is 7.40. The van der Waals surface area contributed by atoms with Crippen LogP contribution in [0.1, 0.15) is 11.1 Å². The van der Waals surface area contributed by atoms with Gasteiger partial charge in [-0.15, -0.1) is 0 Å². The summed E-state index contributed by atoms with van der Waals surface area (Å²) in [6, 6.07) is 13.3. The summed E-state index contributed by atoms with van der Waals surface area (Å²) in [5.41, 5.74) is 1.99. The molecule has 0 radical (unpaired) electrons. The Balaban J connectivity index is 1.95. The van der Waals surface area contributed by atoms with Crippen LogP contribution in [0.25, 0.3) is 0 Å². The summed E-state index contributed by atoms with van der Waals surface area (Å²) in [6.07, 6.45) is 0. The third kappa shape index (κ3) is 4.29. The number of nitrogens with one attached hydrogen (secondary N) is 2. The highest BCUT2D eigenvalue weighted by Crippen LogP contribution is 2.15. The molecular formula is C16H17FN2O2. The predicted octanol–water partition coefficient (Wildman–Crippen LogP) is 3.29. The zero-order valence-electron chi connectivity index (χ0n) is 11.7. The molecule has 0 heterocycles. The fourth-order valence-electron chi connectivity index (χ4n) is 1.91. The lowest BCUT2D eigenvalue weighted by Crippen LogP contribution is -2.29. The molecule has 0 spiro atoms. The van der Waals surface area contributed by atoms with E-state index in [4.69, 9.17) is 4.74 Å². The number of halogens is 1. The number of amides is 2. The second-order valence-electron chi connectivity index (χ2n) is 4.49. The summed E-state index contributed by atoms with van der Waals surface area (Å²) in [7, 11) is 1.59. The fourth-order valence-corrected chi connectivity index (χ4v) is 1.91. The zero-order valence-corrected chi connectivity index (χ0v) is 11.7. The molecular weight excluding hydrogens is 271 g/mol. The van der Waals surface area contributed by atoms with Crippen molar-refractivity contribution in [2.45, 2.75) is 13.2 Å². The quantitative estimate of drug-likeness (QED) is 0.887. The van der Waals surface area contributed by atoms with Crippen LogP contribution in [0.2, 0.25) is 0 Å². The van der Waals surface area contributed by atoms with Crippen molar-refractivity contribution in [3.05, 3.63) is 65.5 Å². The average molecular weight is 288 g/mol. The molecule has 0 atom stereocenters. The smallest absolute Gasteiger partial charge is 0.319 e. The molecule has 0 bridgehead atoms. The van der Waals surface area contributed by atoms with Crippen LogP contribution in [-0.2, 0) is 17.9 Å². The Hall–Kier alpha value is -2.40. The van der Waals surface area contributed by atoms with Crippen molar-refractivity contribution in [2.75, 3.05) is 12.4 Å². The largest absolute Gasteiger partial charge is 0.380 e. The van der Waals surface area contributed by atoms with E-state index in [9.17, 15) is 9.18 Å². The topological polar surface area (TPSA) is 50.4 Å². The van der Waals surface area contributed by atoms with E-state index in [0.29, 0.717) is 17.9 Å². The van der Waals surface area contributed by atoms with E-state index in [1.165, 1.54) is 6.07 Å². The molecule has 110 valence electrons. The maximum Gasteiger partial charge on any atom is 0.319 e. The van der Waals surface area contributed by atoms with Crippen LogP contribution in [0.15, 0.2) is 48.5 Å². The number of benzene rings is 2. The van der Waals surface area contributed by atoms with Crippen LogP contribution in [0.3, 0.4) is 0 Å². The van der Waals surface area contributed by atoms with Crippen LogP contribution in [-0.4, -0.2) is 13.1 Å². The van der Waals surface area contributed by atoms with Gasteiger partial charge in [-0.2, -0.15) is 0 Å². The van der Waals surface area contributed by atoms with Gasteiger partial charge in [-0.3, -0.25) is 0 Å². The molecule has 2 aromatic rings. The first-order valence-corrected chi connectivity index (χ1v) is 6.56. The minimum Gasteiger partial charge on any atom is -0.380 e. The number of urea groups is 1. The lowest BCUT2D eigenvalue weighted by atomic mass is 10.2. The lowest BCUT2D eigenvalue weighted by molar-refractivity contribution is 0.185. The molecule has 0 unspecified atom stereocenters. The normalized spacial score (nSPS) is 10.2. The van der Waals surface area contributed by atoms with Crippen molar-refractivity contribution >= 4 is 11.7 Å². The molecule has 0 saturated carbocycles. The van der Waals surface area contributed by atoms with E-state index in [2.05, 4.69) is 10.6 Å². The minimum absolute atomic E-state index is 0.130. The van der Waals surface area contributed by atoms with Crippen molar-refractivity contribution in [1.29, 1.82) is 0 Å². The third-order valence-corrected chi connectivity index (χ3v) is 2.96. The maximum absolute atomic E-state index is 13.4. The van der Waals surface area contributed by atoms with E-state index in [1.54, 1.807) is 31.4 Å². The van der Waals surface area contributed by atoms with Crippen molar-refractivity contribution in [2.24, 2.45) is 0 Å². The van der Waals surface area contributed by atoms with Crippen LogP contribution >= 0.6 is 0 Å². The van der Waals surface area contributed by atoms with Crippen LogP contribution in [0.5, 0.6) is 0 Å². The van der Waals surface area contributed by atoms with Crippen molar-refractivity contribution in [1.82, 2.24) is 5.32 Å². The predicted molar refractivity (Wildman–Crippen MR) is 79.4 cm³/mol. The Morgan fingerprint density at radius 2 is 1.76 bits per heavy atom. The highest BCUT2D eigenvalue weighted by Gasteiger charge is 2.07. The third-order valence-electron chi connectivity index (χ3n) is 2.96. The molecule has 0 aromatic heterocycles. The number of hydrogen-bond acceptors (Lipinski definition) is 2. The van der Waals surface area contributed by atoms with Gasteiger partial charge < -0.3 is 15.4 Å². The molecule has 5 heteroatoms. The van der Waals surface area contributed by atoms with E-state index in [-0.39, 0.29) is 18.4 Å². The zero-order chi connectivity index (χ0) is 15.1. The molecule has 4 nitrogen and oxygen atoms in total. The SMILES string of the molecule is COCc1ccccc1NC(=O)NCc1ccccc1F. The van der Waals surface area contributed by atoms with Gasteiger partial charge in [0.15, 0.2) is 0 Å². The number of carbonyl (C=O) groups excluding carboxylic acids is 1. The highest BCUT2D eigenvalue weighted by molar-refractivity contribution is 5.90. The number of methoxy groups -OCH3 is 1. The van der Waals surface area contributed by atoms with E-state index in [1.807, 2.05) is 18.2 Å². The monoisotopic (exact) mass is 288 g/mol. The number of carbonyl (C=O) groups is 1. The van der Waals surface area contributed by atoms with Gasteiger partial charge in [0.2, 0.25) is 0 Å². The Bertz CT molecular complexity index is 617. The van der Waals surface area contributed by atoms with Crippen LogP contribution in [0.4, 0.5) is 14.9 Å². The van der Waals surface area contributed by atoms with E-state index < -0.39 is 0 Å². The van der Waals surface area contributed by atoms with Gasteiger partial charge in [-0.05, 0) is 12.1 Å². The molecule has 2 aromatic carbocycles. The molecule has 0 fully saturated rings. The average Bonchev–Trinajstić information content (AvgIpc) is 2.49.